The van der Waals surface area contributed by atoms with Gasteiger partial charge in [-0.2, -0.15) is 0 Å². The van der Waals surface area contributed by atoms with E-state index in [0.717, 1.165) is 15.1 Å². The number of hydrogen-bond donors (Lipinski definition) is 1. The largest absolute Gasteiger partial charge is 0.483 e. The maximum Gasteiger partial charge on any atom is 0.262 e. The van der Waals surface area contributed by atoms with E-state index in [1.54, 1.807) is 11.8 Å². The van der Waals surface area contributed by atoms with Crippen molar-refractivity contribution >= 4 is 39.3 Å². The Morgan fingerprint density at radius 1 is 1.25 bits per heavy atom. The molecule has 0 aliphatic rings. The van der Waals surface area contributed by atoms with Gasteiger partial charge in [0.2, 0.25) is 0 Å². The van der Waals surface area contributed by atoms with E-state index < -0.39 is 0 Å². The highest BCUT2D eigenvalue weighted by Crippen LogP contribution is 2.23. The number of ether oxygens (including phenoxy) is 1. The molecule has 2 rings (SSSR count). The zero-order chi connectivity index (χ0) is 14.4. The highest BCUT2D eigenvalue weighted by Gasteiger charge is 2.06. The molecule has 0 unspecified atom stereocenters. The van der Waals surface area contributed by atoms with Gasteiger partial charge in [0.1, 0.15) is 5.75 Å². The van der Waals surface area contributed by atoms with Crippen LogP contribution in [0.2, 0.25) is 0 Å². The minimum Gasteiger partial charge on any atom is -0.483 e. The first-order valence-corrected chi connectivity index (χ1v) is 8.02. The Kier molecular flexibility index (Phi) is 5.49. The van der Waals surface area contributed by atoms with Crippen LogP contribution in [0.4, 0.5) is 5.69 Å². The molecule has 20 heavy (non-hydrogen) atoms. The van der Waals surface area contributed by atoms with Crippen molar-refractivity contribution in [1.82, 2.24) is 0 Å². The number of halogens is 1. The van der Waals surface area contributed by atoms with Crippen molar-refractivity contribution < 1.29 is 9.53 Å². The molecule has 0 fully saturated rings. The number of amides is 1. The summed E-state index contributed by atoms with van der Waals surface area (Å²) in [4.78, 5) is 12.9. The molecule has 0 heterocycles. The van der Waals surface area contributed by atoms with Gasteiger partial charge in [0.15, 0.2) is 6.61 Å². The molecule has 0 spiro atoms. The first-order chi connectivity index (χ1) is 9.69. The highest BCUT2D eigenvalue weighted by atomic mass is 79.9. The third kappa shape index (κ3) is 4.28. The fourth-order valence-corrected chi connectivity index (χ4v) is 2.46. The molecule has 104 valence electrons. The molecule has 2 aromatic carbocycles. The molecule has 5 heteroatoms. The molecule has 0 aromatic heterocycles. The van der Waals surface area contributed by atoms with Gasteiger partial charge in [-0.25, -0.2) is 0 Å². The lowest BCUT2D eigenvalue weighted by molar-refractivity contribution is -0.118. The first-order valence-electron chi connectivity index (χ1n) is 6.00. The van der Waals surface area contributed by atoms with Gasteiger partial charge in [0, 0.05) is 10.6 Å². The monoisotopic (exact) mass is 351 g/mol. The molecular weight excluding hydrogens is 338 g/mol. The molecule has 0 bridgehead atoms. The maximum absolute atomic E-state index is 11.8. The van der Waals surface area contributed by atoms with Gasteiger partial charge in [-0.15, -0.1) is 11.8 Å². The number of benzene rings is 2. The Bertz CT molecular complexity index is 604. The number of nitrogens with one attached hydrogen (secondary N) is 1. The number of thioether (sulfide) groups is 1. The second kappa shape index (κ2) is 7.36. The maximum atomic E-state index is 11.8. The van der Waals surface area contributed by atoms with Crippen LogP contribution in [-0.4, -0.2) is 18.8 Å². The number of anilines is 1. The van der Waals surface area contributed by atoms with E-state index >= 15 is 0 Å². The molecule has 0 saturated heterocycles. The SMILES string of the molecule is CSc1cccc(NC(=O)COc2ccccc2Br)c1. The van der Waals surface area contributed by atoms with Gasteiger partial charge in [0.05, 0.1) is 4.47 Å². The molecule has 0 aliphatic carbocycles. The van der Waals surface area contributed by atoms with Crippen molar-refractivity contribution in [3.63, 3.8) is 0 Å². The summed E-state index contributed by atoms with van der Waals surface area (Å²) >= 11 is 5.01. The summed E-state index contributed by atoms with van der Waals surface area (Å²) in [6, 6.07) is 15.1. The van der Waals surface area contributed by atoms with Gasteiger partial charge in [0.25, 0.3) is 5.91 Å². The zero-order valence-corrected chi connectivity index (χ0v) is 13.3. The summed E-state index contributed by atoms with van der Waals surface area (Å²) in [5, 5.41) is 2.81. The van der Waals surface area contributed by atoms with Crippen molar-refractivity contribution in [2.75, 3.05) is 18.2 Å². The minimum atomic E-state index is -0.181. The van der Waals surface area contributed by atoms with Gasteiger partial charge >= 0.3 is 0 Å². The van der Waals surface area contributed by atoms with Crippen molar-refractivity contribution in [1.29, 1.82) is 0 Å². The van der Waals surface area contributed by atoms with Crippen LogP contribution in [0.5, 0.6) is 5.75 Å². The number of rotatable bonds is 5. The number of hydrogen-bond acceptors (Lipinski definition) is 3. The van der Waals surface area contributed by atoms with Gasteiger partial charge in [-0.3, -0.25) is 4.79 Å². The van der Waals surface area contributed by atoms with Crippen LogP contribution in [0.25, 0.3) is 0 Å². The average molecular weight is 352 g/mol. The number of carbonyl (C=O) groups excluding carboxylic acids is 1. The molecular formula is C15H14BrNO2S. The Labute approximate surface area is 130 Å². The smallest absolute Gasteiger partial charge is 0.262 e. The molecule has 1 amide bonds. The van der Waals surface area contributed by atoms with Crippen molar-refractivity contribution in [2.45, 2.75) is 4.90 Å². The van der Waals surface area contributed by atoms with E-state index in [-0.39, 0.29) is 12.5 Å². The normalized spacial score (nSPS) is 10.1. The quantitative estimate of drug-likeness (QED) is 0.820. The lowest BCUT2D eigenvalue weighted by Gasteiger charge is -2.09. The number of carbonyl (C=O) groups is 1. The Balaban J connectivity index is 1.91. The lowest BCUT2D eigenvalue weighted by atomic mass is 10.3. The van der Waals surface area contributed by atoms with E-state index in [0.29, 0.717) is 5.75 Å². The van der Waals surface area contributed by atoms with Crippen LogP contribution in [0.3, 0.4) is 0 Å². The lowest BCUT2D eigenvalue weighted by Crippen LogP contribution is -2.20. The third-order valence-corrected chi connectivity index (χ3v) is 3.93. The summed E-state index contributed by atoms with van der Waals surface area (Å²) in [6.45, 7) is -0.0217. The first kappa shape index (κ1) is 14.9. The van der Waals surface area contributed by atoms with Gasteiger partial charge in [-0.05, 0) is 52.5 Å². The van der Waals surface area contributed by atoms with Crippen LogP contribution in [-0.2, 0) is 4.79 Å². The number of para-hydroxylation sites is 1. The molecule has 2 aromatic rings. The van der Waals surface area contributed by atoms with Crippen LogP contribution in [0.1, 0.15) is 0 Å². The summed E-state index contributed by atoms with van der Waals surface area (Å²) in [6.07, 6.45) is 2.00. The van der Waals surface area contributed by atoms with E-state index in [1.807, 2.05) is 54.8 Å². The predicted octanol–water partition coefficient (Wildman–Crippen LogP) is 4.19. The summed E-state index contributed by atoms with van der Waals surface area (Å²) in [5.41, 5.74) is 0.776. The van der Waals surface area contributed by atoms with Gasteiger partial charge in [-0.1, -0.05) is 18.2 Å². The van der Waals surface area contributed by atoms with Crippen molar-refractivity contribution in [3.05, 3.63) is 53.0 Å². The van der Waals surface area contributed by atoms with Gasteiger partial charge < -0.3 is 10.1 Å². The van der Waals surface area contributed by atoms with E-state index in [1.165, 1.54) is 0 Å². The van der Waals surface area contributed by atoms with Crippen LogP contribution in [0, 0.1) is 0 Å². The Morgan fingerprint density at radius 2 is 2.05 bits per heavy atom. The second-order valence-electron chi connectivity index (χ2n) is 4.00. The van der Waals surface area contributed by atoms with E-state index in [4.69, 9.17) is 4.74 Å². The van der Waals surface area contributed by atoms with E-state index in [9.17, 15) is 4.79 Å². The average Bonchev–Trinajstić information content (AvgIpc) is 2.46. The zero-order valence-electron chi connectivity index (χ0n) is 10.9. The topological polar surface area (TPSA) is 38.3 Å². The second-order valence-corrected chi connectivity index (χ2v) is 5.73. The molecule has 0 saturated carbocycles. The summed E-state index contributed by atoms with van der Waals surface area (Å²) in [7, 11) is 0. The predicted molar refractivity (Wildman–Crippen MR) is 86.5 cm³/mol. The highest BCUT2D eigenvalue weighted by molar-refractivity contribution is 9.10. The fraction of sp³-hybridized carbons (Fsp3) is 0.133. The molecule has 0 atom stereocenters. The van der Waals surface area contributed by atoms with Crippen molar-refractivity contribution in [2.24, 2.45) is 0 Å². The molecule has 3 nitrogen and oxygen atoms in total. The standard InChI is InChI=1S/C15H14BrNO2S/c1-20-12-6-4-5-11(9-12)17-15(18)10-19-14-8-3-2-7-13(14)16/h2-9H,10H2,1H3,(H,17,18). The van der Waals surface area contributed by atoms with Crippen LogP contribution >= 0.6 is 27.7 Å². The van der Waals surface area contributed by atoms with Crippen LogP contribution < -0.4 is 10.1 Å². The minimum absolute atomic E-state index is 0.0217. The Hall–Kier alpha value is -1.46. The van der Waals surface area contributed by atoms with E-state index in [2.05, 4.69) is 21.2 Å². The molecule has 0 aliphatic heterocycles. The summed E-state index contributed by atoms with van der Waals surface area (Å²) in [5.74, 6) is 0.472. The molecule has 0 radical (unpaired) electrons. The molecule has 1 N–H and O–H groups in total. The fourth-order valence-electron chi connectivity index (χ4n) is 1.60. The van der Waals surface area contributed by atoms with Crippen LogP contribution in [0.15, 0.2) is 57.9 Å². The third-order valence-electron chi connectivity index (χ3n) is 2.55. The van der Waals surface area contributed by atoms with Crippen molar-refractivity contribution in [3.8, 4) is 5.75 Å². The summed E-state index contributed by atoms with van der Waals surface area (Å²) < 4.78 is 6.29. The Morgan fingerprint density at radius 3 is 2.80 bits per heavy atom.